The van der Waals surface area contributed by atoms with Crippen LogP contribution in [0, 0.1) is 13.8 Å². The van der Waals surface area contributed by atoms with Gasteiger partial charge in [0.2, 0.25) is 10.0 Å². The van der Waals surface area contributed by atoms with E-state index in [0.717, 1.165) is 5.69 Å². The fourth-order valence-corrected chi connectivity index (χ4v) is 3.48. The van der Waals surface area contributed by atoms with Crippen molar-refractivity contribution in [2.24, 2.45) is 7.05 Å². The monoisotopic (exact) mass is 420 g/mol. The van der Waals surface area contributed by atoms with E-state index in [9.17, 15) is 18.0 Å². The van der Waals surface area contributed by atoms with Gasteiger partial charge in [-0.1, -0.05) is 6.08 Å². The van der Waals surface area contributed by atoms with Crippen molar-refractivity contribution in [1.82, 2.24) is 14.5 Å². The Hall–Kier alpha value is -2.98. The van der Waals surface area contributed by atoms with Crippen molar-refractivity contribution in [3.8, 4) is 0 Å². The summed E-state index contributed by atoms with van der Waals surface area (Å²) >= 11 is 0. The van der Waals surface area contributed by atoms with Crippen LogP contribution in [0.5, 0.6) is 0 Å². The number of rotatable bonds is 8. The van der Waals surface area contributed by atoms with Gasteiger partial charge in [0.15, 0.2) is 6.10 Å². The highest BCUT2D eigenvalue weighted by molar-refractivity contribution is 7.89. The Bertz CT molecular complexity index is 1030. The highest BCUT2D eigenvalue weighted by Crippen LogP contribution is 2.19. The number of hydrogen-bond acceptors (Lipinski definition) is 6. The van der Waals surface area contributed by atoms with Gasteiger partial charge in [-0.3, -0.25) is 9.48 Å². The van der Waals surface area contributed by atoms with Gasteiger partial charge in [0.25, 0.3) is 5.91 Å². The number of carbonyl (C=O) groups excluding carboxylic acids is 2. The Balaban J connectivity index is 2.03. The fraction of sp³-hybridized carbons (Fsp3) is 0.316. The molecule has 10 heteroatoms. The Morgan fingerprint density at radius 1 is 1.28 bits per heavy atom. The number of anilines is 1. The van der Waals surface area contributed by atoms with Crippen LogP contribution in [0.1, 0.15) is 28.7 Å². The van der Waals surface area contributed by atoms with E-state index in [4.69, 9.17) is 4.74 Å². The van der Waals surface area contributed by atoms with E-state index in [0.29, 0.717) is 11.4 Å². The number of ether oxygens (including phenoxy) is 1. The van der Waals surface area contributed by atoms with Crippen LogP contribution < -0.4 is 10.0 Å². The Morgan fingerprint density at radius 3 is 2.41 bits per heavy atom. The molecule has 1 atom stereocenters. The summed E-state index contributed by atoms with van der Waals surface area (Å²) < 4.78 is 33.2. The number of amides is 1. The minimum atomic E-state index is -3.69. The lowest BCUT2D eigenvalue weighted by Gasteiger charge is -2.14. The Morgan fingerprint density at radius 2 is 1.90 bits per heavy atom. The molecule has 2 rings (SSSR count). The van der Waals surface area contributed by atoms with Crippen LogP contribution in [0.4, 0.5) is 5.69 Å². The van der Waals surface area contributed by atoms with Gasteiger partial charge in [0.05, 0.1) is 27.5 Å². The van der Waals surface area contributed by atoms with E-state index in [-0.39, 0.29) is 17.0 Å². The van der Waals surface area contributed by atoms with Crippen molar-refractivity contribution in [3.63, 3.8) is 0 Å². The number of carbonyl (C=O) groups is 2. The summed E-state index contributed by atoms with van der Waals surface area (Å²) in [6.07, 6.45) is 0.365. The van der Waals surface area contributed by atoms with Gasteiger partial charge in [0.1, 0.15) is 0 Å². The van der Waals surface area contributed by atoms with Gasteiger partial charge >= 0.3 is 5.97 Å². The molecule has 2 aromatic rings. The van der Waals surface area contributed by atoms with Gasteiger partial charge in [-0.2, -0.15) is 5.10 Å². The summed E-state index contributed by atoms with van der Waals surface area (Å²) in [5, 5.41) is 6.92. The number of nitrogens with zero attached hydrogens (tertiary/aromatic N) is 2. The zero-order valence-electron chi connectivity index (χ0n) is 16.7. The number of hydrogen-bond donors (Lipinski definition) is 2. The van der Waals surface area contributed by atoms with Crippen LogP contribution in [0.25, 0.3) is 0 Å². The number of sulfonamides is 1. The van der Waals surface area contributed by atoms with Gasteiger partial charge < -0.3 is 10.1 Å². The number of nitrogens with one attached hydrogen (secondary N) is 2. The molecule has 0 unspecified atom stereocenters. The summed E-state index contributed by atoms with van der Waals surface area (Å²) in [6.45, 7) is 8.56. The minimum absolute atomic E-state index is 0.00391. The maximum atomic E-state index is 12.4. The zero-order chi connectivity index (χ0) is 21.8. The van der Waals surface area contributed by atoms with Crippen molar-refractivity contribution >= 4 is 27.6 Å². The molecule has 2 N–H and O–H groups in total. The van der Waals surface area contributed by atoms with Crippen LogP contribution in [-0.4, -0.2) is 42.7 Å². The molecule has 0 spiro atoms. The summed E-state index contributed by atoms with van der Waals surface area (Å²) in [5.74, 6) is -1.24. The largest absolute Gasteiger partial charge is 0.449 e. The van der Waals surface area contributed by atoms with E-state index < -0.39 is 28.0 Å². The number of aryl methyl sites for hydroxylation is 2. The van der Waals surface area contributed by atoms with Crippen LogP contribution in [-0.2, 0) is 26.6 Å². The Labute approximate surface area is 169 Å². The first-order valence-corrected chi connectivity index (χ1v) is 10.3. The van der Waals surface area contributed by atoms with E-state index in [2.05, 4.69) is 21.7 Å². The number of esters is 1. The van der Waals surface area contributed by atoms with Gasteiger partial charge in [-0.15, -0.1) is 6.58 Å². The molecule has 0 saturated carbocycles. The van der Waals surface area contributed by atoms with Crippen molar-refractivity contribution in [2.45, 2.75) is 31.8 Å². The maximum absolute atomic E-state index is 12.4. The average Bonchev–Trinajstić information content (AvgIpc) is 2.92. The predicted molar refractivity (Wildman–Crippen MR) is 108 cm³/mol. The molecule has 1 aromatic heterocycles. The van der Waals surface area contributed by atoms with Gasteiger partial charge in [-0.25, -0.2) is 17.9 Å². The molecule has 156 valence electrons. The topological polar surface area (TPSA) is 119 Å². The second-order valence-corrected chi connectivity index (χ2v) is 8.14. The van der Waals surface area contributed by atoms with Crippen molar-refractivity contribution in [1.29, 1.82) is 0 Å². The van der Waals surface area contributed by atoms with E-state index in [1.807, 2.05) is 6.92 Å². The first kappa shape index (κ1) is 22.3. The smallest absolute Gasteiger partial charge is 0.338 e. The lowest BCUT2D eigenvalue weighted by Crippen LogP contribution is -2.30. The quantitative estimate of drug-likeness (QED) is 0.495. The molecule has 0 radical (unpaired) electrons. The highest BCUT2D eigenvalue weighted by atomic mass is 32.2. The summed E-state index contributed by atoms with van der Waals surface area (Å²) in [4.78, 5) is 24.6. The molecule has 9 nitrogen and oxygen atoms in total. The minimum Gasteiger partial charge on any atom is -0.449 e. The average molecular weight is 420 g/mol. The first-order valence-electron chi connectivity index (χ1n) is 8.79. The van der Waals surface area contributed by atoms with Crippen molar-refractivity contribution in [2.75, 3.05) is 11.9 Å². The molecule has 1 aromatic carbocycles. The molecule has 0 fully saturated rings. The molecule has 1 amide bonds. The predicted octanol–water partition coefficient (Wildman–Crippen LogP) is 1.69. The van der Waals surface area contributed by atoms with Gasteiger partial charge in [-0.05, 0) is 45.0 Å². The lowest BCUT2D eigenvalue weighted by molar-refractivity contribution is -0.123. The van der Waals surface area contributed by atoms with Gasteiger partial charge in [0, 0.05) is 13.6 Å². The number of benzene rings is 1. The van der Waals surface area contributed by atoms with Crippen molar-refractivity contribution in [3.05, 3.63) is 53.9 Å². The van der Waals surface area contributed by atoms with Crippen molar-refractivity contribution < 1.29 is 22.7 Å². The third kappa shape index (κ3) is 5.30. The zero-order valence-corrected chi connectivity index (χ0v) is 17.5. The van der Waals surface area contributed by atoms with E-state index >= 15 is 0 Å². The molecule has 0 aliphatic heterocycles. The molecule has 29 heavy (non-hydrogen) atoms. The maximum Gasteiger partial charge on any atom is 0.338 e. The molecule has 0 aliphatic rings. The lowest BCUT2D eigenvalue weighted by atomic mass is 10.2. The van der Waals surface area contributed by atoms with Crippen LogP contribution >= 0.6 is 0 Å². The van der Waals surface area contributed by atoms with Crippen LogP contribution in [0.2, 0.25) is 0 Å². The third-order valence-electron chi connectivity index (χ3n) is 4.23. The first-order chi connectivity index (χ1) is 13.6. The molecular weight excluding hydrogens is 396 g/mol. The summed E-state index contributed by atoms with van der Waals surface area (Å²) in [7, 11) is -1.93. The standard InChI is InChI=1S/C19H24N4O5S/c1-6-11-20-29(26,27)16-9-7-15(8-10-16)19(25)28-14(4)18(24)21-17-12(2)22-23(5)13(17)3/h6-10,14,20H,1,11H2,2-5H3,(H,21,24)/t14-/m1/s1. The molecule has 0 saturated heterocycles. The summed E-state index contributed by atoms with van der Waals surface area (Å²) in [5.41, 5.74) is 2.12. The highest BCUT2D eigenvalue weighted by Gasteiger charge is 2.22. The molecule has 0 aliphatic carbocycles. The summed E-state index contributed by atoms with van der Waals surface area (Å²) in [6, 6.07) is 5.22. The number of aromatic nitrogens is 2. The van der Waals surface area contributed by atoms with Crippen LogP contribution in [0.15, 0.2) is 41.8 Å². The third-order valence-corrected chi connectivity index (χ3v) is 5.67. The molecule has 1 heterocycles. The van der Waals surface area contributed by atoms with E-state index in [1.54, 1.807) is 18.7 Å². The fourth-order valence-electron chi connectivity index (χ4n) is 2.48. The normalized spacial score (nSPS) is 12.3. The molecular formula is C19H24N4O5S. The van der Waals surface area contributed by atoms with E-state index in [1.165, 1.54) is 37.3 Å². The SMILES string of the molecule is C=CCNS(=O)(=O)c1ccc(C(=O)O[C@H](C)C(=O)Nc2c(C)nn(C)c2C)cc1. The second kappa shape index (κ2) is 9.01. The molecule has 0 bridgehead atoms. The second-order valence-electron chi connectivity index (χ2n) is 6.37. The Kier molecular flexibility index (Phi) is 6.93. The van der Waals surface area contributed by atoms with Crippen LogP contribution in [0.3, 0.4) is 0 Å².